The molecule has 0 aromatic rings. The van der Waals surface area contributed by atoms with Gasteiger partial charge in [0.15, 0.2) is 0 Å². The Kier molecular flexibility index (Phi) is 60.0. The van der Waals surface area contributed by atoms with Crippen molar-refractivity contribution >= 4 is 11.9 Å². The number of rotatable bonds is 60. The Morgan fingerprint density at radius 2 is 0.694 bits per heavy atom. The lowest BCUT2D eigenvalue weighted by molar-refractivity contribution is -0.143. The fraction of sp³-hybridized carbons (Fsp3) is 0.879. The maximum absolute atomic E-state index is 12.5. The molecule has 2 unspecified atom stereocenters. The average Bonchev–Trinajstić information content (AvgIpc) is 3.38. The maximum atomic E-state index is 12.5. The van der Waals surface area contributed by atoms with Crippen molar-refractivity contribution in [2.75, 3.05) is 13.2 Å². The number of carbonyl (C=O) groups excluding carboxylic acids is 2. The molecule has 0 aromatic carbocycles. The summed E-state index contributed by atoms with van der Waals surface area (Å²) in [5, 5.41) is 23.3. The van der Waals surface area contributed by atoms with Crippen molar-refractivity contribution in [3.05, 3.63) is 36.5 Å². The van der Waals surface area contributed by atoms with Gasteiger partial charge in [-0.15, -0.1) is 0 Å². The summed E-state index contributed by atoms with van der Waals surface area (Å²) in [7, 11) is 0. The summed E-state index contributed by atoms with van der Waals surface area (Å²) in [5.41, 5.74) is 0. The zero-order chi connectivity index (χ0) is 52.2. The molecular weight excluding hydrogens is 887 g/mol. The van der Waals surface area contributed by atoms with Crippen LogP contribution in [0.25, 0.3) is 0 Å². The molecule has 0 saturated heterocycles. The van der Waals surface area contributed by atoms with Crippen molar-refractivity contribution in [3.8, 4) is 0 Å². The third-order valence-corrected chi connectivity index (χ3v) is 14.9. The quantitative estimate of drug-likeness (QED) is 0.0320. The molecule has 6 nitrogen and oxygen atoms in total. The van der Waals surface area contributed by atoms with E-state index in [1.54, 1.807) is 0 Å². The van der Waals surface area contributed by atoms with Gasteiger partial charge in [0.2, 0.25) is 5.91 Å². The number of esters is 1. The van der Waals surface area contributed by atoms with Crippen LogP contribution in [-0.2, 0) is 14.3 Å². The Balaban J connectivity index is 3.42. The molecule has 2 atom stereocenters. The highest BCUT2D eigenvalue weighted by molar-refractivity contribution is 5.76. The number of nitrogens with one attached hydrogen (secondary N) is 1. The lowest BCUT2D eigenvalue weighted by Crippen LogP contribution is -2.45. The van der Waals surface area contributed by atoms with Gasteiger partial charge in [-0.2, -0.15) is 0 Å². The largest absolute Gasteiger partial charge is 0.466 e. The normalized spacial score (nSPS) is 12.8. The molecule has 0 fully saturated rings. The molecule has 0 rings (SSSR count). The minimum absolute atomic E-state index is 0.00118. The number of allylic oxidation sites excluding steroid dienone is 6. The summed E-state index contributed by atoms with van der Waals surface area (Å²) in [6, 6.07) is -0.548. The summed E-state index contributed by atoms with van der Waals surface area (Å²) in [4.78, 5) is 24.6. The first-order chi connectivity index (χ1) is 35.5. The van der Waals surface area contributed by atoms with Crippen LogP contribution in [0.15, 0.2) is 36.5 Å². The first kappa shape index (κ1) is 70.1. The number of amides is 1. The highest BCUT2D eigenvalue weighted by atomic mass is 16.5. The minimum atomic E-state index is -0.670. The van der Waals surface area contributed by atoms with Crippen LogP contribution in [-0.4, -0.2) is 47.4 Å². The number of unbranched alkanes of at least 4 members (excludes halogenated alkanes) is 43. The van der Waals surface area contributed by atoms with Gasteiger partial charge in [-0.05, 0) is 83.5 Å². The maximum Gasteiger partial charge on any atom is 0.305 e. The van der Waals surface area contributed by atoms with E-state index in [2.05, 4.69) is 55.6 Å². The molecule has 0 radical (unpaired) electrons. The van der Waals surface area contributed by atoms with Crippen molar-refractivity contribution < 1.29 is 24.5 Å². The Labute approximate surface area is 449 Å². The van der Waals surface area contributed by atoms with Crippen molar-refractivity contribution in [1.29, 1.82) is 0 Å². The summed E-state index contributed by atoms with van der Waals surface area (Å²) >= 11 is 0. The van der Waals surface area contributed by atoms with E-state index in [0.717, 1.165) is 51.4 Å². The van der Waals surface area contributed by atoms with Gasteiger partial charge in [-0.25, -0.2) is 0 Å². The lowest BCUT2D eigenvalue weighted by Gasteiger charge is -2.22. The summed E-state index contributed by atoms with van der Waals surface area (Å²) in [6.07, 6.45) is 77.3. The van der Waals surface area contributed by atoms with E-state index >= 15 is 0 Å². The van der Waals surface area contributed by atoms with E-state index in [-0.39, 0.29) is 18.5 Å². The molecule has 1 amide bonds. The molecule has 424 valence electrons. The summed E-state index contributed by atoms with van der Waals surface area (Å²) in [5.74, 6) is -0.0398. The predicted molar refractivity (Wildman–Crippen MR) is 315 cm³/mol. The van der Waals surface area contributed by atoms with Crippen LogP contribution in [0.3, 0.4) is 0 Å². The second-order valence-electron chi connectivity index (χ2n) is 22.1. The van der Waals surface area contributed by atoms with Crippen LogP contribution in [0, 0.1) is 0 Å². The molecule has 0 aliphatic heterocycles. The smallest absolute Gasteiger partial charge is 0.305 e. The van der Waals surface area contributed by atoms with Gasteiger partial charge in [0, 0.05) is 12.8 Å². The monoisotopic (exact) mass is 1010 g/mol. The number of ether oxygens (including phenoxy) is 1. The topological polar surface area (TPSA) is 95.9 Å². The number of aliphatic hydroxyl groups excluding tert-OH is 2. The molecule has 0 heterocycles. The highest BCUT2D eigenvalue weighted by Gasteiger charge is 2.20. The van der Waals surface area contributed by atoms with Crippen LogP contribution in [0.4, 0.5) is 0 Å². The van der Waals surface area contributed by atoms with E-state index in [1.165, 1.54) is 263 Å². The van der Waals surface area contributed by atoms with Crippen LogP contribution in [0.1, 0.15) is 348 Å². The first-order valence-electron chi connectivity index (χ1n) is 32.2. The number of hydrogen-bond acceptors (Lipinski definition) is 5. The molecule has 0 aromatic heterocycles. The molecule has 3 N–H and O–H groups in total. The third-order valence-electron chi connectivity index (χ3n) is 14.9. The second-order valence-corrected chi connectivity index (χ2v) is 22.1. The number of aliphatic hydroxyl groups is 2. The fourth-order valence-electron chi connectivity index (χ4n) is 9.96. The van der Waals surface area contributed by atoms with Crippen LogP contribution in [0.5, 0.6) is 0 Å². The lowest BCUT2D eigenvalue weighted by atomic mass is 10.0. The molecule has 0 aliphatic carbocycles. The van der Waals surface area contributed by atoms with Crippen molar-refractivity contribution in [1.82, 2.24) is 5.32 Å². The van der Waals surface area contributed by atoms with Gasteiger partial charge in [0.25, 0.3) is 0 Å². The van der Waals surface area contributed by atoms with Gasteiger partial charge in [-0.3, -0.25) is 9.59 Å². The predicted octanol–water partition coefficient (Wildman–Crippen LogP) is 20.4. The first-order valence-corrected chi connectivity index (χ1v) is 32.2. The molecule has 0 aliphatic rings. The minimum Gasteiger partial charge on any atom is -0.466 e. The Hall–Kier alpha value is -1.92. The summed E-state index contributed by atoms with van der Waals surface area (Å²) in [6.45, 7) is 4.94. The van der Waals surface area contributed by atoms with E-state index in [4.69, 9.17) is 4.74 Å². The standard InChI is InChI=1S/C66H125NO5/c1-3-5-7-9-11-13-15-17-19-21-28-32-36-40-44-48-52-56-60-66(71)72-61-57-53-49-45-41-37-33-29-26-24-22-23-25-27-31-35-39-43-47-51-55-59-65(70)67-63(62-68)64(69)58-54-50-46-42-38-34-30-20-18-16-14-12-10-8-6-4-2/h13,15,19,21,23,25,63-64,68-69H,3-12,14,16-18,20,22,24,26-62H2,1-2H3,(H,67,70)/b15-13-,21-19-,25-23-. The van der Waals surface area contributed by atoms with Crippen LogP contribution >= 0.6 is 0 Å². The Morgan fingerprint density at radius 1 is 0.389 bits per heavy atom. The van der Waals surface area contributed by atoms with Gasteiger partial charge in [-0.1, -0.05) is 288 Å². The Bertz CT molecular complexity index is 1170. The van der Waals surface area contributed by atoms with Crippen LogP contribution < -0.4 is 5.32 Å². The highest BCUT2D eigenvalue weighted by Crippen LogP contribution is 2.17. The van der Waals surface area contributed by atoms with Gasteiger partial charge in [0.05, 0.1) is 25.4 Å². The Morgan fingerprint density at radius 3 is 1.08 bits per heavy atom. The molecule has 72 heavy (non-hydrogen) atoms. The SMILES string of the molecule is CCCCCC/C=C\C/C=C\CCCCCCCCCC(=O)OCCCCCCCCCCCC/C=C\CCCCCCCCCC(=O)NC(CO)C(O)CCCCCCCCCCCCCCCCCC. The average molecular weight is 1010 g/mol. The van der Waals surface area contributed by atoms with Crippen molar-refractivity contribution in [2.45, 2.75) is 360 Å². The van der Waals surface area contributed by atoms with E-state index < -0.39 is 12.1 Å². The number of carbonyl (C=O) groups is 2. The molecule has 6 heteroatoms. The van der Waals surface area contributed by atoms with E-state index in [1.807, 2.05) is 0 Å². The molecular formula is C66H125NO5. The van der Waals surface area contributed by atoms with E-state index in [0.29, 0.717) is 25.9 Å². The van der Waals surface area contributed by atoms with Gasteiger partial charge < -0.3 is 20.3 Å². The van der Waals surface area contributed by atoms with Gasteiger partial charge in [0.1, 0.15) is 0 Å². The summed E-state index contributed by atoms with van der Waals surface area (Å²) < 4.78 is 5.49. The second kappa shape index (κ2) is 61.6. The zero-order valence-corrected chi connectivity index (χ0v) is 48.4. The molecule has 0 saturated carbocycles. The molecule has 0 spiro atoms. The third kappa shape index (κ3) is 57.4. The zero-order valence-electron chi connectivity index (χ0n) is 48.4. The van der Waals surface area contributed by atoms with E-state index in [9.17, 15) is 19.8 Å². The van der Waals surface area contributed by atoms with Crippen LogP contribution in [0.2, 0.25) is 0 Å². The number of hydrogen-bond donors (Lipinski definition) is 3. The van der Waals surface area contributed by atoms with Crippen molar-refractivity contribution in [3.63, 3.8) is 0 Å². The fourth-order valence-corrected chi connectivity index (χ4v) is 9.96. The van der Waals surface area contributed by atoms with Crippen molar-refractivity contribution in [2.24, 2.45) is 0 Å². The molecule has 0 bridgehead atoms. The van der Waals surface area contributed by atoms with Gasteiger partial charge >= 0.3 is 5.97 Å².